The fourth-order valence-electron chi connectivity index (χ4n) is 3.30. The Hall–Kier alpha value is -3.98. The van der Waals surface area contributed by atoms with Crippen LogP contribution in [0.25, 0.3) is 22.4 Å². The van der Waals surface area contributed by atoms with Gasteiger partial charge in [-0.2, -0.15) is 0 Å². The number of fused-ring (bicyclic) bond motifs is 1. The van der Waals surface area contributed by atoms with Crippen molar-refractivity contribution in [2.45, 2.75) is 13.1 Å². The fourth-order valence-corrected chi connectivity index (χ4v) is 3.43. The topological polar surface area (TPSA) is 108 Å². The standard InChI is InChI=1S/C23H20ClN5O4/c1-28-21-18(12-26-20(27-21)15-5-7-16(24)8-6-15)22(31)29(23(28)32)13-19(30)25-11-14-3-9-17(33-2)10-4-14/h3-10,12H,11,13H2,1-2H3,(H,25,30). The zero-order valence-corrected chi connectivity index (χ0v) is 18.7. The van der Waals surface area contributed by atoms with Crippen LogP contribution in [0.2, 0.25) is 5.02 Å². The molecule has 0 unspecified atom stereocenters. The molecule has 0 aliphatic rings. The molecule has 10 heteroatoms. The predicted molar refractivity (Wildman–Crippen MR) is 124 cm³/mol. The monoisotopic (exact) mass is 465 g/mol. The first-order chi connectivity index (χ1) is 15.9. The van der Waals surface area contributed by atoms with Crippen LogP contribution in [-0.4, -0.2) is 32.1 Å². The van der Waals surface area contributed by atoms with Crippen LogP contribution >= 0.6 is 11.6 Å². The van der Waals surface area contributed by atoms with Crippen LogP contribution in [0.1, 0.15) is 5.56 Å². The molecule has 33 heavy (non-hydrogen) atoms. The third-order valence-corrected chi connectivity index (χ3v) is 5.38. The molecule has 2 aromatic carbocycles. The van der Waals surface area contributed by atoms with Gasteiger partial charge in [-0.3, -0.25) is 18.7 Å². The average molecular weight is 466 g/mol. The van der Waals surface area contributed by atoms with Gasteiger partial charge in [0.15, 0.2) is 11.5 Å². The number of amides is 1. The molecule has 0 saturated heterocycles. The number of hydrogen-bond donors (Lipinski definition) is 1. The molecule has 0 spiro atoms. The highest BCUT2D eigenvalue weighted by Crippen LogP contribution is 2.19. The van der Waals surface area contributed by atoms with E-state index in [1.807, 2.05) is 12.1 Å². The summed E-state index contributed by atoms with van der Waals surface area (Å²) < 4.78 is 7.21. The van der Waals surface area contributed by atoms with Crippen molar-refractivity contribution in [1.29, 1.82) is 0 Å². The second kappa shape index (κ2) is 9.25. The molecule has 0 aliphatic heterocycles. The molecule has 2 aromatic heterocycles. The van der Waals surface area contributed by atoms with Crippen molar-refractivity contribution >= 4 is 28.5 Å². The Labute approximate surface area is 193 Å². The van der Waals surface area contributed by atoms with E-state index in [4.69, 9.17) is 16.3 Å². The predicted octanol–water partition coefficient (Wildman–Crippen LogP) is 2.14. The van der Waals surface area contributed by atoms with Crippen molar-refractivity contribution in [3.63, 3.8) is 0 Å². The minimum Gasteiger partial charge on any atom is -0.497 e. The van der Waals surface area contributed by atoms with Gasteiger partial charge in [-0.15, -0.1) is 0 Å². The van der Waals surface area contributed by atoms with Gasteiger partial charge in [-0.25, -0.2) is 14.8 Å². The normalized spacial score (nSPS) is 10.9. The van der Waals surface area contributed by atoms with Gasteiger partial charge in [0.1, 0.15) is 17.7 Å². The highest BCUT2D eigenvalue weighted by Gasteiger charge is 2.16. The first-order valence-corrected chi connectivity index (χ1v) is 10.4. The number of hydrogen-bond acceptors (Lipinski definition) is 6. The van der Waals surface area contributed by atoms with E-state index in [0.717, 1.165) is 10.1 Å². The average Bonchev–Trinajstić information content (AvgIpc) is 2.84. The number of carbonyl (C=O) groups excluding carboxylic acids is 1. The number of halogens is 1. The van der Waals surface area contributed by atoms with Crippen molar-refractivity contribution < 1.29 is 9.53 Å². The van der Waals surface area contributed by atoms with E-state index in [-0.39, 0.29) is 17.6 Å². The third kappa shape index (κ3) is 4.63. The molecule has 4 aromatic rings. The maximum atomic E-state index is 12.9. The van der Waals surface area contributed by atoms with Gasteiger partial charge in [0.05, 0.1) is 7.11 Å². The first kappa shape index (κ1) is 22.2. The SMILES string of the molecule is COc1ccc(CNC(=O)Cn2c(=O)c3cnc(-c4ccc(Cl)cc4)nc3n(C)c2=O)cc1. The van der Waals surface area contributed by atoms with Gasteiger partial charge in [-0.05, 0) is 42.0 Å². The van der Waals surface area contributed by atoms with Crippen LogP contribution in [0.3, 0.4) is 0 Å². The largest absolute Gasteiger partial charge is 0.497 e. The van der Waals surface area contributed by atoms with Crippen molar-refractivity contribution in [1.82, 2.24) is 24.4 Å². The van der Waals surface area contributed by atoms with E-state index in [0.29, 0.717) is 22.2 Å². The number of nitrogens with one attached hydrogen (secondary N) is 1. The Morgan fingerprint density at radius 2 is 1.79 bits per heavy atom. The summed E-state index contributed by atoms with van der Waals surface area (Å²) in [4.78, 5) is 46.9. The van der Waals surface area contributed by atoms with E-state index in [1.165, 1.54) is 17.8 Å². The number of carbonyl (C=O) groups is 1. The van der Waals surface area contributed by atoms with Crippen molar-refractivity contribution in [3.8, 4) is 17.1 Å². The number of nitrogens with zero attached hydrogens (tertiary/aromatic N) is 4. The summed E-state index contributed by atoms with van der Waals surface area (Å²) in [6.45, 7) is -0.171. The van der Waals surface area contributed by atoms with Gasteiger partial charge in [0.25, 0.3) is 5.56 Å². The molecule has 168 valence electrons. The van der Waals surface area contributed by atoms with Crippen molar-refractivity contribution in [2.75, 3.05) is 7.11 Å². The van der Waals surface area contributed by atoms with E-state index in [9.17, 15) is 14.4 Å². The highest BCUT2D eigenvalue weighted by molar-refractivity contribution is 6.30. The Kier molecular flexibility index (Phi) is 6.23. The molecule has 0 atom stereocenters. The molecule has 4 rings (SSSR count). The van der Waals surface area contributed by atoms with Crippen molar-refractivity contribution in [3.05, 3.63) is 86.2 Å². The summed E-state index contributed by atoms with van der Waals surface area (Å²) >= 11 is 5.92. The molecule has 0 bridgehead atoms. The molecule has 0 aliphatic carbocycles. The number of ether oxygens (including phenoxy) is 1. The zero-order chi connectivity index (χ0) is 23.5. The second-order valence-corrected chi connectivity index (χ2v) is 7.73. The lowest BCUT2D eigenvalue weighted by molar-refractivity contribution is -0.121. The maximum absolute atomic E-state index is 12.9. The third-order valence-electron chi connectivity index (χ3n) is 5.13. The van der Waals surface area contributed by atoms with Gasteiger partial charge in [-0.1, -0.05) is 23.7 Å². The van der Waals surface area contributed by atoms with Crippen LogP contribution in [0.4, 0.5) is 0 Å². The van der Waals surface area contributed by atoms with Crippen LogP contribution in [0, 0.1) is 0 Å². The van der Waals surface area contributed by atoms with E-state index >= 15 is 0 Å². The summed E-state index contributed by atoms with van der Waals surface area (Å²) in [7, 11) is 3.07. The first-order valence-electron chi connectivity index (χ1n) is 9.99. The Balaban J connectivity index is 1.59. The molecule has 9 nitrogen and oxygen atoms in total. The summed E-state index contributed by atoms with van der Waals surface area (Å²) in [6.07, 6.45) is 1.36. The highest BCUT2D eigenvalue weighted by atomic mass is 35.5. The number of methoxy groups -OCH3 is 1. The van der Waals surface area contributed by atoms with Crippen molar-refractivity contribution in [2.24, 2.45) is 7.05 Å². The fraction of sp³-hybridized carbons (Fsp3) is 0.174. The van der Waals surface area contributed by atoms with Crippen LogP contribution in [-0.2, 0) is 24.9 Å². The molecule has 0 radical (unpaired) electrons. The number of rotatable bonds is 6. The Bertz CT molecular complexity index is 1440. The quantitative estimate of drug-likeness (QED) is 0.467. The summed E-state index contributed by atoms with van der Waals surface area (Å²) in [5, 5.41) is 3.42. The molecule has 0 fully saturated rings. The van der Waals surface area contributed by atoms with E-state index < -0.39 is 23.7 Å². The van der Waals surface area contributed by atoms with Gasteiger partial charge >= 0.3 is 5.69 Å². The lowest BCUT2D eigenvalue weighted by atomic mass is 10.2. The summed E-state index contributed by atoms with van der Waals surface area (Å²) in [6, 6.07) is 14.1. The molecule has 0 saturated carbocycles. The molecule has 1 amide bonds. The maximum Gasteiger partial charge on any atom is 0.332 e. The number of benzene rings is 2. The minimum absolute atomic E-state index is 0.137. The van der Waals surface area contributed by atoms with Crippen LogP contribution in [0.15, 0.2) is 64.3 Å². The molecular formula is C23H20ClN5O4. The van der Waals surface area contributed by atoms with E-state index in [2.05, 4.69) is 15.3 Å². The molecule has 1 N–H and O–H groups in total. The lowest BCUT2D eigenvalue weighted by Gasteiger charge is -2.11. The van der Waals surface area contributed by atoms with Gasteiger partial charge in [0.2, 0.25) is 5.91 Å². The zero-order valence-electron chi connectivity index (χ0n) is 17.9. The lowest BCUT2D eigenvalue weighted by Crippen LogP contribution is -2.43. The number of aryl methyl sites for hydroxylation is 1. The van der Waals surface area contributed by atoms with Gasteiger partial charge in [0, 0.05) is 30.4 Å². The van der Waals surface area contributed by atoms with Crippen LogP contribution in [0.5, 0.6) is 5.75 Å². The number of aromatic nitrogens is 4. The summed E-state index contributed by atoms with van der Waals surface area (Å²) in [5.74, 6) is 0.587. The Morgan fingerprint density at radius 3 is 2.45 bits per heavy atom. The van der Waals surface area contributed by atoms with E-state index in [1.54, 1.807) is 43.5 Å². The molecule has 2 heterocycles. The minimum atomic E-state index is -0.646. The second-order valence-electron chi connectivity index (χ2n) is 7.30. The summed E-state index contributed by atoms with van der Waals surface area (Å²) in [5.41, 5.74) is 0.449. The Morgan fingerprint density at radius 1 is 1.09 bits per heavy atom. The molecular weight excluding hydrogens is 446 g/mol. The smallest absolute Gasteiger partial charge is 0.332 e. The van der Waals surface area contributed by atoms with Gasteiger partial charge < -0.3 is 10.1 Å². The van der Waals surface area contributed by atoms with Crippen LogP contribution < -0.4 is 21.3 Å².